The first-order valence-corrected chi connectivity index (χ1v) is 13.7. The maximum absolute atomic E-state index is 13.2. The Kier molecular flexibility index (Phi) is 8.51. The first-order valence-electron chi connectivity index (χ1n) is 10.3. The Morgan fingerprint density at radius 3 is 2.23 bits per heavy atom. The van der Waals surface area contributed by atoms with Crippen molar-refractivity contribution in [3.8, 4) is 5.75 Å². The van der Waals surface area contributed by atoms with E-state index in [2.05, 4.69) is 10.0 Å². The summed E-state index contributed by atoms with van der Waals surface area (Å²) < 4.78 is 56.8. The molecule has 9 nitrogen and oxygen atoms in total. The largest absolute Gasteiger partial charge is 0.495 e. The predicted molar refractivity (Wildman–Crippen MR) is 132 cm³/mol. The maximum Gasteiger partial charge on any atom is 0.245 e. The number of ether oxygens (including phenoxy) is 1. The standard InChI is InChI=1S/C23H24ClN3O6S2/c1-33-21-12-9-18(24)14-22(21)35(31,32)27-20(13-16-5-3-2-4-6-16)23(28)26-15-17-7-10-19(11-8-17)34(25,29)30/h2-12,14,20,27H,13,15H2,1H3,(H,26,28)(H2,25,29,30). The molecule has 0 aliphatic carbocycles. The highest BCUT2D eigenvalue weighted by Gasteiger charge is 2.28. The van der Waals surface area contributed by atoms with Gasteiger partial charge in [-0.2, -0.15) is 4.72 Å². The molecule has 4 N–H and O–H groups in total. The van der Waals surface area contributed by atoms with E-state index in [1.807, 2.05) is 6.07 Å². The van der Waals surface area contributed by atoms with Gasteiger partial charge >= 0.3 is 0 Å². The molecule has 1 atom stereocenters. The highest BCUT2D eigenvalue weighted by Crippen LogP contribution is 2.27. The van der Waals surface area contributed by atoms with Gasteiger partial charge in [0.05, 0.1) is 12.0 Å². The summed E-state index contributed by atoms with van der Waals surface area (Å²) in [6.07, 6.45) is 0.0825. The normalized spacial score (nSPS) is 12.7. The molecule has 0 saturated heterocycles. The molecule has 1 amide bonds. The molecule has 0 heterocycles. The van der Waals surface area contributed by atoms with E-state index in [0.717, 1.165) is 5.56 Å². The van der Waals surface area contributed by atoms with Crippen molar-refractivity contribution in [2.75, 3.05) is 7.11 Å². The van der Waals surface area contributed by atoms with Crippen LogP contribution in [-0.2, 0) is 37.8 Å². The molecule has 3 aromatic carbocycles. The summed E-state index contributed by atoms with van der Waals surface area (Å²) in [4.78, 5) is 12.8. The Hall–Kier alpha value is -2.96. The average molecular weight is 538 g/mol. The van der Waals surface area contributed by atoms with Crippen molar-refractivity contribution >= 4 is 37.6 Å². The number of amides is 1. The van der Waals surface area contributed by atoms with Crippen molar-refractivity contribution in [3.05, 3.63) is 88.9 Å². The molecule has 3 rings (SSSR count). The number of sulfonamides is 2. The molecule has 35 heavy (non-hydrogen) atoms. The van der Waals surface area contributed by atoms with Crippen molar-refractivity contribution in [2.24, 2.45) is 5.14 Å². The van der Waals surface area contributed by atoms with Gasteiger partial charge in [0.25, 0.3) is 0 Å². The molecule has 0 fully saturated rings. The van der Waals surface area contributed by atoms with Gasteiger partial charge in [0.15, 0.2) is 0 Å². The lowest BCUT2D eigenvalue weighted by Gasteiger charge is -2.20. The number of halogens is 1. The van der Waals surface area contributed by atoms with E-state index in [9.17, 15) is 21.6 Å². The smallest absolute Gasteiger partial charge is 0.245 e. The molecule has 0 spiro atoms. The van der Waals surface area contributed by atoms with Gasteiger partial charge in [-0.3, -0.25) is 4.79 Å². The Morgan fingerprint density at radius 1 is 0.971 bits per heavy atom. The zero-order valence-electron chi connectivity index (χ0n) is 18.6. The first-order chi connectivity index (χ1) is 16.5. The fraction of sp³-hybridized carbons (Fsp3) is 0.174. The Morgan fingerprint density at radius 2 is 1.63 bits per heavy atom. The summed E-state index contributed by atoms with van der Waals surface area (Å²) >= 11 is 5.99. The van der Waals surface area contributed by atoms with E-state index in [0.29, 0.717) is 5.56 Å². The Balaban J connectivity index is 1.83. The molecule has 12 heteroatoms. The Bertz CT molecular complexity index is 1400. The van der Waals surface area contributed by atoms with E-state index in [1.165, 1.54) is 49.6 Å². The van der Waals surface area contributed by atoms with Crippen molar-refractivity contribution in [1.29, 1.82) is 0 Å². The molecule has 0 aliphatic heterocycles. The van der Waals surface area contributed by atoms with E-state index < -0.39 is 32.0 Å². The van der Waals surface area contributed by atoms with Gasteiger partial charge < -0.3 is 10.1 Å². The number of methoxy groups -OCH3 is 1. The zero-order chi connectivity index (χ0) is 25.6. The molecular formula is C23H24ClN3O6S2. The first kappa shape index (κ1) is 26.6. The number of rotatable bonds is 10. The lowest BCUT2D eigenvalue weighted by atomic mass is 10.1. The molecule has 0 saturated carbocycles. The van der Waals surface area contributed by atoms with Crippen molar-refractivity contribution in [3.63, 3.8) is 0 Å². The van der Waals surface area contributed by atoms with Crippen LogP contribution in [0.5, 0.6) is 5.75 Å². The Labute approximate surface area is 209 Å². The van der Waals surface area contributed by atoms with E-state index >= 15 is 0 Å². The van der Waals surface area contributed by atoms with E-state index in [1.54, 1.807) is 24.3 Å². The minimum atomic E-state index is -4.20. The number of benzene rings is 3. The third kappa shape index (κ3) is 7.26. The molecule has 186 valence electrons. The van der Waals surface area contributed by atoms with Crippen LogP contribution in [0.25, 0.3) is 0 Å². The lowest BCUT2D eigenvalue weighted by molar-refractivity contribution is -0.122. The number of hydrogen-bond donors (Lipinski definition) is 3. The monoisotopic (exact) mass is 537 g/mol. The van der Waals surface area contributed by atoms with Gasteiger partial charge in [-0.25, -0.2) is 22.0 Å². The van der Waals surface area contributed by atoms with Gasteiger partial charge in [0.2, 0.25) is 26.0 Å². The van der Waals surface area contributed by atoms with Crippen LogP contribution in [0.3, 0.4) is 0 Å². The van der Waals surface area contributed by atoms with E-state index in [4.69, 9.17) is 21.5 Å². The summed E-state index contributed by atoms with van der Waals surface area (Å²) in [6, 6.07) is 17.6. The van der Waals surface area contributed by atoms with Crippen molar-refractivity contribution in [2.45, 2.75) is 28.8 Å². The third-order valence-corrected chi connectivity index (χ3v) is 7.69. The predicted octanol–water partition coefficient (Wildman–Crippen LogP) is 2.20. The van der Waals surface area contributed by atoms with Crippen LogP contribution < -0.4 is 19.9 Å². The fourth-order valence-electron chi connectivity index (χ4n) is 3.26. The average Bonchev–Trinajstić information content (AvgIpc) is 2.82. The molecule has 0 radical (unpaired) electrons. The zero-order valence-corrected chi connectivity index (χ0v) is 21.0. The molecular weight excluding hydrogens is 514 g/mol. The molecule has 3 aromatic rings. The second-order valence-electron chi connectivity index (χ2n) is 7.57. The molecule has 0 aromatic heterocycles. The van der Waals surface area contributed by atoms with Crippen LogP contribution in [0.15, 0.2) is 82.6 Å². The SMILES string of the molecule is COc1ccc(Cl)cc1S(=O)(=O)NC(Cc1ccccc1)C(=O)NCc1ccc(S(N)(=O)=O)cc1. The summed E-state index contributed by atoms with van der Waals surface area (Å²) in [5, 5.41) is 7.98. The van der Waals surface area contributed by atoms with Crippen LogP contribution in [0, 0.1) is 0 Å². The minimum absolute atomic E-state index is 0.0389. The van der Waals surface area contributed by atoms with Gasteiger partial charge in [-0.1, -0.05) is 54.1 Å². The van der Waals surface area contributed by atoms with Crippen LogP contribution >= 0.6 is 11.6 Å². The lowest BCUT2D eigenvalue weighted by Crippen LogP contribution is -2.47. The maximum atomic E-state index is 13.2. The third-order valence-electron chi connectivity index (χ3n) is 5.03. The molecule has 0 bridgehead atoms. The summed E-state index contributed by atoms with van der Waals surface area (Å²) in [6.45, 7) is 0.0389. The number of primary sulfonamides is 1. The molecule has 1 unspecified atom stereocenters. The second-order valence-corrected chi connectivity index (χ2v) is 11.2. The summed E-state index contributed by atoms with van der Waals surface area (Å²) in [5.74, 6) is -0.496. The topological polar surface area (TPSA) is 145 Å². The summed E-state index contributed by atoms with van der Waals surface area (Å²) in [7, 11) is -6.70. The number of nitrogens with two attached hydrogens (primary N) is 1. The highest BCUT2D eigenvalue weighted by atomic mass is 35.5. The van der Waals surface area contributed by atoms with Crippen LogP contribution in [-0.4, -0.2) is 35.9 Å². The number of hydrogen-bond acceptors (Lipinski definition) is 6. The van der Waals surface area contributed by atoms with Crippen LogP contribution in [0.1, 0.15) is 11.1 Å². The highest BCUT2D eigenvalue weighted by molar-refractivity contribution is 7.89. The fourth-order valence-corrected chi connectivity index (χ4v) is 5.40. The number of carbonyl (C=O) groups excluding carboxylic acids is 1. The van der Waals surface area contributed by atoms with E-state index in [-0.39, 0.29) is 33.5 Å². The second kappa shape index (κ2) is 11.2. The quantitative estimate of drug-likeness (QED) is 0.361. The van der Waals surface area contributed by atoms with Gasteiger partial charge in [-0.15, -0.1) is 0 Å². The van der Waals surface area contributed by atoms with Crippen molar-refractivity contribution in [1.82, 2.24) is 10.0 Å². The van der Waals surface area contributed by atoms with Crippen LogP contribution in [0.2, 0.25) is 5.02 Å². The number of nitrogens with one attached hydrogen (secondary N) is 2. The van der Waals surface area contributed by atoms with Gasteiger partial charge in [0, 0.05) is 11.6 Å². The number of carbonyl (C=O) groups is 1. The van der Waals surface area contributed by atoms with Crippen LogP contribution in [0.4, 0.5) is 0 Å². The molecule has 0 aliphatic rings. The van der Waals surface area contributed by atoms with Gasteiger partial charge in [0.1, 0.15) is 16.7 Å². The minimum Gasteiger partial charge on any atom is -0.495 e. The van der Waals surface area contributed by atoms with Crippen molar-refractivity contribution < 1.29 is 26.4 Å². The summed E-state index contributed by atoms with van der Waals surface area (Å²) in [5.41, 5.74) is 1.34. The van der Waals surface area contributed by atoms with Gasteiger partial charge in [-0.05, 0) is 47.9 Å².